The van der Waals surface area contributed by atoms with Crippen molar-refractivity contribution in [1.82, 2.24) is 0 Å². The number of hydrogen-bond donors (Lipinski definition) is 0. The van der Waals surface area contributed by atoms with Crippen molar-refractivity contribution in [3.05, 3.63) is 103 Å². The van der Waals surface area contributed by atoms with Crippen LogP contribution in [0, 0.1) is 0 Å². The summed E-state index contributed by atoms with van der Waals surface area (Å²) in [4.78, 5) is 0. The lowest BCUT2D eigenvalue weighted by atomic mass is 10.0. The summed E-state index contributed by atoms with van der Waals surface area (Å²) in [5.41, 5.74) is 4.70. The van der Waals surface area contributed by atoms with E-state index in [1.807, 2.05) is 42.5 Å². The molecule has 0 N–H and O–H groups in total. The Balaban J connectivity index is 2.66. The fraction of sp³-hybridized carbons (Fsp3) is 0.143. The molecule has 2 nitrogen and oxygen atoms in total. The normalized spacial score (nSPS) is 10.9. The van der Waals surface area contributed by atoms with E-state index in [1.165, 1.54) is 0 Å². The third kappa shape index (κ3) is 6.37. The zero-order valence-electron chi connectivity index (χ0n) is 14.0. The molecule has 0 aliphatic carbocycles. The van der Waals surface area contributed by atoms with Gasteiger partial charge in [-0.15, -0.1) is 0 Å². The monoisotopic (exact) mass is 308 g/mol. The van der Waals surface area contributed by atoms with Crippen molar-refractivity contribution in [2.75, 3.05) is 14.2 Å². The van der Waals surface area contributed by atoms with Crippen molar-refractivity contribution < 1.29 is 9.47 Å². The van der Waals surface area contributed by atoms with E-state index in [9.17, 15) is 0 Å². The lowest BCUT2D eigenvalue weighted by Gasteiger charge is -2.04. The predicted octanol–water partition coefficient (Wildman–Crippen LogP) is 5.23. The van der Waals surface area contributed by atoms with Crippen molar-refractivity contribution in [1.29, 1.82) is 0 Å². The van der Waals surface area contributed by atoms with Crippen LogP contribution >= 0.6 is 0 Å². The largest absolute Gasteiger partial charge is 0.497 e. The quantitative estimate of drug-likeness (QED) is 0.459. The molecule has 0 fully saturated rings. The van der Waals surface area contributed by atoms with Crippen LogP contribution in [-0.4, -0.2) is 14.2 Å². The molecule has 0 atom stereocenters. The van der Waals surface area contributed by atoms with Gasteiger partial charge in [-0.3, -0.25) is 0 Å². The Bertz CT molecular complexity index is 643. The van der Waals surface area contributed by atoms with Crippen LogP contribution in [0.4, 0.5) is 0 Å². The topological polar surface area (TPSA) is 18.5 Å². The van der Waals surface area contributed by atoms with E-state index in [0.29, 0.717) is 12.4 Å². The Hall–Kier alpha value is -2.58. The predicted molar refractivity (Wildman–Crippen MR) is 98.9 cm³/mol. The minimum absolute atomic E-state index is 0.573. The number of rotatable bonds is 9. The molecule has 0 radical (unpaired) electrons. The highest BCUT2D eigenvalue weighted by Gasteiger charge is 1.98. The SMILES string of the molecule is C=C(/C=C\C(=C)C(=C)/C=C\C(=C)c1ccc(COC)cc1)OC. The molecule has 23 heavy (non-hydrogen) atoms. The van der Waals surface area contributed by atoms with Crippen LogP contribution in [0.5, 0.6) is 0 Å². The van der Waals surface area contributed by atoms with Crippen molar-refractivity contribution in [2.45, 2.75) is 6.61 Å². The lowest BCUT2D eigenvalue weighted by Crippen LogP contribution is -1.88. The first-order chi connectivity index (χ1) is 11.0. The molecular formula is C21H24O2. The van der Waals surface area contributed by atoms with Crippen LogP contribution in [0.15, 0.2) is 91.8 Å². The van der Waals surface area contributed by atoms with Gasteiger partial charge < -0.3 is 9.47 Å². The van der Waals surface area contributed by atoms with Crippen molar-refractivity contribution in [3.63, 3.8) is 0 Å². The van der Waals surface area contributed by atoms with E-state index in [0.717, 1.165) is 27.8 Å². The summed E-state index contributed by atoms with van der Waals surface area (Å²) in [7, 11) is 3.26. The zero-order valence-corrected chi connectivity index (χ0v) is 14.0. The molecule has 2 heteroatoms. The highest BCUT2D eigenvalue weighted by Crippen LogP contribution is 2.17. The van der Waals surface area contributed by atoms with E-state index in [4.69, 9.17) is 9.47 Å². The van der Waals surface area contributed by atoms with E-state index >= 15 is 0 Å². The molecule has 0 aliphatic rings. The highest BCUT2D eigenvalue weighted by atomic mass is 16.5. The maximum absolute atomic E-state index is 5.10. The second kappa shape index (κ2) is 9.44. The molecular weight excluding hydrogens is 284 g/mol. The third-order valence-electron chi connectivity index (χ3n) is 3.27. The summed E-state index contributed by atoms with van der Waals surface area (Å²) >= 11 is 0. The lowest BCUT2D eigenvalue weighted by molar-refractivity contribution is 0.185. The maximum Gasteiger partial charge on any atom is 0.111 e. The minimum atomic E-state index is 0.573. The molecule has 0 aromatic heterocycles. The van der Waals surface area contributed by atoms with Gasteiger partial charge >= 0.3 is 0 Å². The van der Waals surface area contributed by atoms with Crippen LogP contribution in [-0.2, 0) is 16.1 Å². The second-order valence-electron chi connectivity index (χ2n) is 5.04. The number of benzene rings is 1. The van der Waals surface area contributed by atoms with Gasteiger partial charge in [0.2, 0.25) is 0 Å². The molecule has 0 bridgehead atoms. The van der Waals surface area contributed by atoms with Crippen LogP contribution in [0.25, 0.3) is 5.57 Å². The first-order valence-corrected chi connectivity index (χ1v) is 7.22. The summed E-state index contributed by atoms with van der Waals surface area (Å²) in [6, 6.07) is 8.12. The first kappa shape index (κ1) is 18.5. The summed E-state index contributed by atoms with van der Waals surface area (Å²) < 4.78 is 10.1. The van der Waals surface area contributed by atoms with Gasteiger partial charge in [0.1, 0.15) is 5.76 Å². The van der Waals surface area contributed by atoms with Gasteiger partial charge in [-0.1, -0.05) is 68.8 Å². The Kier molecular flexibility index (Phi) is 7.58. The summed E-state index contributed by atoms with van der Waals surface area (Å²) in [6.45, 7) is 16.4. The van der Waals surface area contributed by atoms with Crippen molar-refractivity contribution in [3.8, 4) is 0 Å². The molecule has 1 aromatic carbocycles. The number of allylic oxidation sites excluding steroid dienone is 7. The molecule has 0 amide bonds. The Morgan fingerprint density at radius 3 is 1.96 bits per heavy atom. The first-order valence-electron chi connectivity index (χ1n) is 7.22. The number of ether oxygens (including phenoxy) is 2. The van der Waals surface area contributed by atoms with Gasteiger partial charge in [0.25, 0.3) is 0 Å². The van der Waals surface area contributed by atoms with E-state index in [2.05, 4.69) is 26.3 Å². The van der Waals surface area contributed by atoms with Crippen LogP contribution in [0.2, 0.25) is 0 Å². The van der Waals surface area contributed by atoms with E-state index in [1.54, 1.807) is 20.3 Å². The zero-order chi connectivity index (χ0) is 17.2. The Labute approximate surface area is 139 Å². The van der Waals surface area contributed by atoms with Gasteiger partial charge in [-0.05, 0) is 33.9 Å². The highest BCUT2D eigenvalue weighted by molar-refractivity contribution is 5.73. The fourth-order valence-electron chi connectivity index (χ4n) is 1.75. The Morgan fingerprint density at radius 2 is 1.43 bits per heavy atom. The molecule has 0 heterocycles. The molecule has 0 spiro atoms. The third-order valence-corrected chi connectivity index (χ3v) is 3.27. The molecule has 1 rings (SSSR count). The standard InChI is InChI=1S/C21H24O2/c1-16(17(2)9-10-19(4)23-6)7-8-18(3)21-13-11-20(12-14-21)15-22-5/h7-14H,1-4,15H2,5-6H3/b8-7-,10-9-. The minimum Gasteiger partial charge on any atom is -0.497 e. The smallest absolute Gasteiger partial charge is 0.111 e. The Morgan fingerprint density at radius 1 is 0.870 bits per heavy atom. The second-order valence-corrected chi connectivity index (χ2v) is 5.04. The van der Waals surface area contributed by atoms with E-state index < -0.39 is 0 Å². The van der Waals surface area contributed by atoms with Gasteiger partial charge in [0, 0.05) is 7.11 Å². The molecule has 0 saturated carbocycles. The van der Waals surface area contributed by atoms with Crippen molar-refractivity contribution >= 4 is 5.57 Å². The molecule has 1 aromatic rings. The van der Waals surface area contributed by atoms with Gasteiger partial charge in [0.05, 0.1) is 13.7 Å². The molecule has 120 valence electrons. The summed E-state index contributed by atoms with van der Waals surface area (Å²) in [6.07, 6.45) is 7.40. The average molecular weight is 308 g/mol. The molecule has 0 aliphatic heterocycles. The average Bonchev–Trinajstić information content (AvgIpc) is 2.57. The van der Waals surface area contributed by atoms with Crippen LogP contribution < -0.4 is 0 Å². The molecule has 0 unspecified atom stereocenters. The van der Waals surface area contributed by atoms with Gasteiger partial charge in [-0.2, -0.15) is 0 Å². The van der Waals surface area contributed by atoms with Crippen molar-refractivity contribution in [2.24, 2.45) is 0 Å². The maximum atomic E-state index is 5.10. The van der Waals surface area contributed by atoms with Crippen LogP contribution in [0.1, 0.15) is 11.1 Å². The summed E-state index contributed by atoms with van der Waals surface area (Å²) in [5, 5.41) is 0. The summed E-state index contributed by atoms with van der Waals surface area (Å²) in [5.74, 6) is 0.573. The van der Waals surface area contributed by atoms with E-state index in [-0.39, 0.29) is 0 Å². The molecule has 0 saturated heterocycles. The fourth-order valence-corrected chi connectivity index (χ4v) is 1.75. The van der Waals surface area contributed by atoms with Gasteiger partial charge in [-0.25, -0.2) is 0 Å². The van der Waals surface area contributed by atoms with Crippen LogP contribution in [0.3, 0.4) is 0 Å². The van der Waals surface area contributed by atoms with Gasteiger partial charge in [0.15, 0.2) is 0 Å². The number of methoxy groups -OCH3 is 2. The number of hydrogen-bond acceptors (Lipinski definition) is 2.